The van der Waals surface area contributed by atoms with Crippen LogP contribution in [0.2, 0.25) is 0 Å². The van der Waals surface area contributed by atoms with Gasteiger partial charge in [0.05, 0.1) is 24.5 Å². The van der Waals surface area contributed by atoms with Gasteiger partial charge in [-0.25, -0.2) is 13.4 Å². The highest BCUT2D eigenvalue weighted by atomic mass is 32.2. The second-order valence-electron chi connectivity index (χ2n) is 10.00. The van der Waals surface area contributed by atoms with E-state index < -0.39 is 15.6 Å². The number of para-hydroxylation sites is 2. The van der Waals surface area contributed by atoms with Crippen molar-refractivity contribution in [1.82, 2.24) is 18.8 Å². The number of methoxy groups -OCH3 is 1. The first kappa shape index (κ1) is 26.6. The largest absolute Gasteiger partial charge is 0.495 e. The Bertz CT molecular complexity index is 1510. The number of sulfonamides is 1. The van der Waals surface area contributed by atoms with Crippen molar-refractivity contribution in [2.45, 2.75) is 38.1 Å². The van der Waals surface area contributed by atoms with Gasteiger partial charge in [0, 0.05) is 44.1 Å². The molecule has 2 aliphatic heterocycles. The number of nitrogens with zero attached hydrogens (tertiary/aromatic N) is 5. The van der Waals surface area contributed by atoms with Gasteiger partial charge in [-0.2, -0.15) is 4.31 Å². The molecular weight excluding hydrogens is 526 g/mol. The third kappa shape index (κ3) is 4.92. The number of amides is 1. The van der Waals surface area contributed by atoms with E-state index in [1.807, 2.05) is 24.3 Å². The van der Waals surface area contributed by atoms with Crippen LogP contribution in [0.5, 0.6) is 5.75 Å². The van der Waals surface area contributed by atoms with Crippen LogP contribution < -0.4 is 15.2 Å². The molecule has 4 heterocycles. The fourth-order valence-corrected chi connectivity index (χ4v) is 8.48. The van der Waals surface area contributed by atoms with Gasteiger partial charge < -0.3 is 14.5 Å². The molecular formula is C26H33N5O5S2. The molecule has 0 saturated carbocycles. The predicted octanol–water partition coefficient (Wildman–Crippen LogP) is 2.54. The van der Waals surface area contributed by atoms with E-state index in [0.29, 0.717) is 41.8 Å². The molecule has 0 spiro atoms. The topological polar surface area (TPSA) is 105 Å². The molecule has 2 saturated heterocycles. The minimum Gasteiger partial charge on any atom is -0.495 e. The zero-order valence-electron chi connectivity index (χ0n) is 21.9. The number of likely N-dealkylation sites (tertiary alicyclic amines) is 1. The van der Waals surface area contributed by atoms with E-state index in [1.54, 1.807) is 18.9 Å². The molecule has 12 heteroatoms. The number of hydrogen-bond acceptors (Lipinski definition) is 8. The highest BCUT2D eigenvalue weighted by Crippen LogP contribution is 2.34. The zero-order valence-corrected chi connectivity index (χ0v) is 23.6. The van der Waals surface area contributed by atoms with Crippen LogP contribution in [-0.2, 0) is 21.4 Å². The lowest BCUT2D eigenvalue weighted by Gasteiger charge is -2.36. The Kier molecular flexibility index (Phi) is 7.47. The number of piperidine rings is 1. The van der Waals surface area contributed by atoms with Gasteiger partial charge in [-0.1, -0.05) is 19.1 Å². The van der Waals surface area contributed by atoms with Crippen molar-refractivity contribution >= 4 is 43.2 Å². The Labute approximate surface area is 226 Å². The summed E-state index contributed by atoms with van der Waals surface area (Å²) in [5, 5.41) is 0.0713. The predicted molar refractivity (Wildman–Crippen MR) is 148 cm³/mol. The number of carbonyl (C=O) groups excluding carboxylic acids is 1. The fourth-order valence-electron chi connectivity index (χ4n) is 5.39. The molecule has 0 radical (unpaired) electrons. The smallest absolute Gasteiger partial charge is 0.263 e. The SMILES string of the molecule is COc1ccccc1N1CCN(S(=O)(=O)c2c(C)sc3ncn(CC(=O)N4CCCC(C)C4)c(=O)c23)CC1. The van der Waals surface area contributed by atoms with Crippen LogP contribution in [0.3, 0.4) is 0 Å². The van der Waals surface area contributed by atoms with Crippen molar-refractivity contribution < 1.29 is 17.9 Å². The number of thiophene rings is 1. The van der Waals surface area contributed by atoms with Gasteiger partial charge in [-0.15, -0.1) is 11.3 Å². The van der Waals surface area contributed by atoms with Gasteiger partial charge in [0.1, 0.15) is 22.0 Å². The molecule has 1 amide bonds. The lowest BCUT2D eigenvalue weighted by Crippen LogP contribution is -2.49. The molecule has 3 aromatic rings. The van der Waals surface area contributed by atoms with Crippen molar-refractivity contribution in [3.05, 3.63) is 45.8 Å². The average Bonchev–Trinajstić information content (AvgIpc) is 3.27. The number of aromatic nitrogens is 2. The van der Waals surface area contributed by atoms with Crippen LogP contribution in [0.25, 0.3) is 10.2 Å². The Morgan fingerprint density at radius 3 is 2.61 bits per heavy atom. The third-order valence-electron chi connectivity index (χ3n) is 7.38. The molecule has 2 fully saturated rings. The van der Waals surface area contributed by atoms with Crippen LogP contribution in [-0.4, -0.2) is 79.5 Å². The maximum atomic E-state index is 13.9. The number of piperazine rings is 1. The number of aryl methyl sites for hydroxylation is 1. The van der Waals surface area contributed by atoms with Gasteiger partial charge >= 0.3 is 0 Å². The van der Waals surface area contributed by atoms with Crippen LogP contribution >= 0.6 is 11.3 Å². The Balaban J connectivity index is 1.41. The normalized spacial score (nSPS) is 19.2. The van der Waals surface area contributed by atoms with Gasteiger partial charge in [-0.05, 0) is 37.8 Å². The first-order chi connectivity index (χ1) is 18.2. The van der Waals surface area contributed by atoms with Gasteiger partial charge in [-0.3, -0.25) is 14.2 Å². The molecule has 0 bridgehead atoms. The molecule has 0 N–H and O–H groups in total. The summed E-state index contributed by atoms with van der Waals surface area (Å²) < 4.78 is 35.9. The fraction of sp³-hybridized carbons (Fsp3) is 0.500. The van der Waals surface area contributed by atoms with Gasteiger partial charge in [0.2, 0.25) is 15.9 Å². The maximum absolute atomic E-state index is 13.9. The number of hydrogen-bond donors (Lipinski definition) is 0. The summed E-state index contributed by atoms with van der Waals surface area (Å²) in [6.07, 6.45) is 3.38. The summed E-state index contributed by atoms with van der Waals surface area (Å²) in [5.41, 5.74) is 0.424. The quantitative estimate of drug-likeness (QED) is 0.457. The molecule has 1 aromatic carbocycles. The molecule has 2 aromatic heterocycles. The zero-order chi connectivity index (χ0) is 27.0. The number of benzene rings is 1. The summed E-state index contributed by atoms with van der Waals surface area (Å²) >= 11 is 1.19. The molecule has 1 unspecified atom stereocenters. The van der Waals surface area contributed by atoms with Crippen molar-refractivity contribution in [2.24, 2.45) is 5.92 Å². The van der Waals surface area contributed by atoms with E-state index in [9.17, 15) is 18.0 Å². The van der Waals surface area contributed by atoms with Gasteiger partial charge in [0.15, 0.2) is 0 Å². The highest BCUT2D eigenvalue weighted by molar-refractivity contribution is 7.89. The van der Waals surface area contributed by atoms with Crippen LogP contribution in [0.1, 0.15) is 24.6 Å². The van der Waals surface area contributed by atoms with Gasteiger partial charge in [0.25, 0.3) is 5.56 Å². The monoisotopic (exact) mass is 559 g/mol. The first-order valence-electron chi connectivity index (χ1n) is 12.8. The van der Waals surface area contributed by atoms with Crippen molar-refractivity contribution in [3.8, 4) is 5.75 Å². The van der Waals surface area contributed by atoms with E-state index in [1.165, 1.54) is 26.5 Å². The van der Waals surface area contributed by atoms with Crippen molar-refractivity contribution in [3.63, 3.8) is 0 Å². The highest BCUT2D eigenvalue weighted by Gasteiger charge is 2.34. The molecule has 10 nitrogen and oxygen atoms in total. The molecule has 204 valence electrons. The average molecular weight is 560 g/mol. The van der Waals surface area contributed by atoms with E-state index in [2.05, 4.69) is 16.8 Å². The van der Waals surface area contributed by atoms with Crippen LogP contribution in [0.15, 0.2) is 40.3 Å². The maximum Gasteiger partial charge on any atom is 0.263 e. The number of carbonyl (C=O) groups is 1. The Hall–Kier alpha value is -2.96. The third-order valence-corrected chi connectivity index (χ3v) is 10.6. The van der Waals surface area contributed by atoms with E-state index in [4.69, 9.17) is 4.74 Å². The molecule has 2 aliphatic rings. The lowest BCUT2D eigenvalue weighted by atomic mass is 10.0. The van der Waals surface area contributed by atoms with E-state index in [0.717, 1.165) is 24.3 Å². The van der Waals surface area contributed by atoms with Crippen LogP contribution in [0, 0.1) is 12.8 Å². The summed E-state index contributed by atoms with van der Waals surface area (Å²) in [5.74, 6) is 1.01. The van der Waals surface area contributed by atoms with E-state index >= 15 is 0 Å². The summed E-state index contributed by atoms with van der Waals surface area (Å²) in [4.78, 5) is 35.6. The summed E-state index contributed by atoms with van der Waals surface area (Å²) in [6, 6.07) is 7.67. The molecule has 1 atom stereocenters. The molecule has 38 heavy (non-hydrogen) atoms. The molecule has 5 rings (SSSR count). The second kappa shape index (κ2) is 10.7. The van der Waals surface area contributed by atoms with Crippen molar-refractivity contribution in [2.75, 3.05) is 51.3 Å². The number of rotatable bonds is 6. The van der Waals surface area contributed by atoms with Crippen molar-refractivity contribution in [1.29, 1.82) is 0 Å². The Morgan fingerprint density at radius 2 is 1.89 bits per heavy atom. The number of fused-ring (bicyclic) bond motifs is 1. The standard InChI is InChI=1S/C26H33N5O5S2/c1-18-7-6-10-29(15-18)22(32)16-30-17-27-25-23(26(30)33)24(19(2)37-25)38(34,35)31-13-11-28(12-14-31)20-8-4-5-9-21(20)36-3/h4-5,8-9,17-18H,6-7,10-16H2,1-3H3. The minimum atomic E-state index is -3.96. The lowest BCUT2D eigenvalue weighted by molar-refractivity contribution is -0.133. The second-order valence-corrected chi connectivity index (χ2v) is 13.1. The van der Waals surface area contributed by atoms with Crippen LogP contribution in [0.4, 0.5) is 5.69 Å². The summed E-state index contributed by atoms with van der Waals surface area (Å²) in [7, 11) is -2.34. The Morgan fingerprint density at radius 1 is 1.16 bits per heavy atom. The molecule has 0 aliphatic carbocycles. The summed E-state index contributed by atoms with van der Waals surface area (Å²) in [6.45, 7) is 6.54. The minimum absolute atomic E-state index is 0.00846. The first-order valence-corrected chi connectivity index (χ1v) is 15.1. The number of anilines is 1. The van der Waals surface area contributed by atoms with E-state index in [-0.39, 0.29) is 35.8 Å². The number of ether oxygens (including phenoxy) is 1.